The Morgan fingerprint density at radius 3 is 2.35 bits per heavy atom. The molecule has 0 bridgehead atoms. The van der Waals surface area contributed by atoms with Crippen LogP contribution in [0.25, 0.3) is 0 Å². The zero-order valence-electron chi connectivity index (χ0n) is 10.2. The van der Waals surface area contributed by atoms with Gasteiger partial charge in [-0.05, 0) is 25.0 Å². The van der Waals surface area contributed by atoms with E-state index in [1.807, 2.05) is 12.1 Å². The van der Waals surface area contributed by atoms with Crippen LogP contribution in [0.5, 0.6) is 0 Å². The summed E-state index contributed by atoms with van der Waals surface area (Å²) in [7, 11) is 1.37. The van der Waals surface area contributed by atoms with Crippen molar-refractivity contribution in [3.63, 3.8) is 0 Å². The normalized spacial score (nSPS) is 13.2. The number of hydrogen-bond donors (Lipinski definition) is 1. The molecular formula is C13H17ClO3. The molecule has 0 saturated heterocycles. The lowest BCUT2D eigenvalue weighted by atomic mass is 9.84. The van der Waals surface area contributed by atoms with Crippen LogP contribution >= 0.6 is 11.6 Å². The van der Waals surface area contributed by atoms with E-state index >= 15 is 0 Å². The maximum Gasteiger partial charge on any atom is 0.315 e. The van der Waals surface area contributed by atoms with Crippen molar-refractivity contribution in [2.75, 3.05) is 13.0 Å². The fourth-order valence-corrected chi connectivity index (χ4v) is 1.76. The molecule has 1 unspecified atom stereocenters. The third-order valence-corrected chi connectivity index (χ3v) is 3.15. The Morgan fingerprint density at radius 2 is 1.94 bits per heavy atom. The lowest BCUT2D eigenvalue weighted by molar-refractivity contribution is -0.146. The molecule has 0 aliphatic carbocycles. The zero-order valence-corrected chi connectivity index (χ0v) is 11.0. The number of methoxy groups -OCH3 is 1. The van der Waals surface area contributed by atoms with Gasteiger partial charge in [0.1, 0.15) is 0 Å². The second-order valence-corrected chi connectivity index (χ2v) is 4.72. The summed E-state index contributed by atoms with van der Waals surface area (Å²) in [6.45, 7) is 3.59. The molecule has 0 aliphatic heterocycles. The molecule has 0 radical (unpaired) electrons. The number of alkyl halides is 1. The topological polar surface area (TPSA) is 46.5 Å². The molecule has 0 aromatic heterocycles. The van der Waals surface area contributed by atoms with Crippen molar-refractivity contribution in [2.24, 2.45) is 0 Å². The Balaban J connectivity index is 2.98. The van der Waals surface area contributed by atoms with Gasteiger partial charge in [0.2, 0.25) is 0 Å². The molecule has 0 aliphatic rings. The fourth-order valence-electron chi connectivity index (χ4n) is 1.58. The lowest BCUT2D eigenvalue weighted by Crippen LogP contribution is -2.30. The molecule has 4 heteroatoms. The van der Waals surface area contributed by atoms with Gasteiger partial charge in [-0.2, -0.15) is 0 Å². The minimum atomic E-state index is -0.695. The predicted octanol–water partition coefficient (Wildman–Crippen LogP) is 2.41. The van der Waals surface area contributed by atoms with E-state index in [0.717, 1.165) is 11.1 Å². The Morgan fingerprint density at radius 1 is 1.41 bits per heavy atom. The molecule has 1 aromatic rings. The first kappa shape index (κ1) is 14.0. The highest BCUT2D eigenvalue weighted by Crippen LogP contribution is 2.26. The van der Waals surface area contributed by atoms with Gasteiger partial charge in [0.05, 0.1) is 24.5 Å². The van der Waals surface area contributed by atoms with E-state index in [-0.39, 0.29) is 11.8 Å². The van der Waals surface area contributed by atoms with Gasteiger partial charge in [-0.1, -0.05) is 24.3 Å². The second kappa shape index (κ2) is 5.52. The van der Waals surface area contributed by atoms with Gasteiger partial charge < -0.3 is 9.84 Å². The first-order chi connectivity index (χ1) is 7.93. The zero-order chi connectivity index (χ0) is 13.1. The standard InChI is InChI=1S/C13H17ClO3/c1-13(2,12(16)17-3)10-6-4-9(5-7-10)11(15)8-14/h4-7,11,15H,8H2,1-3H3. The van der Waals surface area contributed by atoms with Crippen LogP contribution in [0.1, 0.15) is 31.1 Å². The van der Waals surface area contributed by atoms with Crippen molar-refractivity contribution in [1.82, 2.24) is 0 Å². The molecule has 0 saturated carbocycles. The van der Waals surface area contributed by atoms with Gasteiger partial charge in [0.25, 0.3) is 0 Å². The summed E-state index contributed by atoms with van der Waals surface area (Å²) in [5.41, 5.74) is 0.887. The Labute approximate surface area is 106 Å². The number of carbonyl (C=O) groups excluding carboxylic acids is 1. The Hall–Kier alpha value is -1.06. The quantitative estimate of drug-likeness (QED) is 0.665. The Bertz CT molecular complexity index is 384. The number of carbonyl (C=O) groups is 1. The van der Waals surface area contributed by atoms with Crippen LogP contribution in [-0.2, 0) is 14.9 Å². The third kappa shape index (κ3) is 2.99. The molecular weight excluding hydrogens is 240 g/mol. The van der Waals surface area contributed by atoms with Crippen LogP contribution in [0, 0.1) is 0 Å². The molecule has 0 fully saturated rings. The van der Waals surface area contributed by atoms with Crippen molar-refractivity contribution >= 4 is 17.6 Å². The molecule has 0 amide bonds. The van der Waals surface area contributed by atoms with E-state index in [4.69, 9.17) is 16.3 Å². The van der Waals surface area contributed by atoms with E-state index in [1.165, 1.54) is 7.11 Å². The SMILES string of the molecule is COC(=O)C(C)(C)c1ccc(C(O)CCl)cc1. The number of halogens is 1. The third-order valence-electron chi connectivity index (χ3n) is 2.86. The number of benzene rings is 1. The first-order valence-corrected chi connectivity index (χ1v) is 5.89. The number of aliphatic hydroxyl groups excluding tert-OH is 1. The number of aliphatic hydroxyl groups is 1. The monoisotopic (exact) mass is 256 g/mol. The lowest BCUT2D eigenvalue weighted by Gasteiger charge is -2.22. The summed E-state index contributed by atoms with van der Waals surface area (Å²) in [5, 5.41) is 9.55. The highest BCUT2D eigenvalue weighted by Gasteiger charge is 2.30. The van der Waals surface area contributed by atoms with E-state index in [9.17, 15) is 9.90 Å². The summed E-state index contributed by atoms with van der Waals surface area (Å²) >= 11 is 5.56. The highest BCUT2D eigenvalue weighted by molar-refractivity contribution is 6.18. The average Bonchev–Trinajstić information content (AvgIpc) is 2.36. The molecule has 1 N–H and O–H groups in total. The van der Waals surface area contributed by atoms with Crippen LogP contribution in [0.15, 0.2) is 24.3 Å². The number of rotatable bonds is 4. The highest BCUT2D eigenvalue weighted by atomic mass is 35.5. The van der Waals surface area contributed by atoms with Crippen molar-refractivity contribution in [3.8, 4) is 0 Å². The van der Waals surface area contributed by atoms with Gasteiger partial charge in [0.15, 0.2) is 0 Å². The van der Waals surface area contributed by atoms with Gasteiger partial charge in [-0.15, -0.1) is 11.6 Å². The second-order valence-electron chi connectivity index (χ2n) is 4.41. The summed E-state index contributed by atoms with van der Waals surface area (Å²) in [4.78, 5) is 11.6. The van der Waals surface area contributed by atoms with Gasteiger partial charge >= 0.3 is 5.97 Å². The smallest absolute Gasteiger partial charge is 0.315 e. The van der Waals surface area contributed by atoms with Crippen LogP contribution in [0.3, 0.4) is 0 Å². The minimum Gasteiger partial charge on any atom is -0.468 e. The summed E-state index contributed by atoms with van der Waals surface area (Å²) in [6.07, 6.45) is -0.674. The molecule has 1 rings (SSSR count). The van der Waals surface area contributed by atoms with Gasteiger partial charge in [-0.3, -0.25) is 4.79 Å². The number of esters is 1. The van der Waals surface area contributed by atoms with Crippen molar-refractivity contribution in [2.45, 2.75) is 25.4 Å². The minimum absolute atomic E-state index is 0.153. The van der Waals surface area contributed by atoms with Crippen molar-refractivity contribution in [1.29, 1.82) is 0 Å². The van der Waals surface area contributed by atoms with E-state index in [0.29, 0.717) is 0 Å². The maximum atomic E-state index is 11.6. The van der Waals surface area contributed by atoms with Crippen molar-refractivity contribution in [3.05, 3.63) is 35.4 Å². The van der Waals surface area contributed by atoms with Gasteiger partial charge in [0, 0.05) is 0 Å². The van der Waals surface area contributed by atoms with E-state index < -0.39 is 11.5 Å². The van der Waals surface area contributed by atoms with E-state index in [2.05, 4.69) is 0 Å². The van der Waals surface area contributed by atoms with Crippen molar-refractivity contribution < 1.29 is 14.6 Å². The summed E-state index contributed by atoms with van der Waals surface area (Å²) in [5.74, 6) is -0.136. The van der Waals surface area contributed by atoms with E-state index in [1.54, 1.807) is 26.0 Å². The van der Waals surface area contributed by atoms with Crippen LogP contribution < -0.4 is 0 Å². The van der Waals surface area contributed by atoms with Gasteiger partial charge in [-0.25, -0.2) is 0 Å². The maximum absolute atomic E-state index is 11.6. The van der Waals surface area contributed by atoms with Crippen LogP contribution in [0.2, 0.25) is 0 Å². The molecule has 0 heterocycles. The largest absolute Gasteiger partial charge is 0.468 e. The summed E-state index contributed by atoms with van der Waals surface area (Å²) in [6, 6.07) is 7.16. The fraction of sp³-hybridized carbons (Fsp3) is 0.462. The molecule has 1 aromatic carbocycles. The first-order valence-electron chi connectivity index (χ1n) is 5.36. The number of ether oxygens (including phenoxy) is 1. The van der Waals surface area contributed by atoms with Crippen LogP contribution in [-0.4, -0.2) is 24.1 Å². The molecule has 17 heavy (non-hydrogen) atoms. The molecule has 94 valence electrons. The Kier molecular flexibility index (Phi) is 4.54. The van der Waals surface area contributed by atoms with Crippen LogP contribution in [0.4, 0.5) is 0 Å². The number of hydrogen-bond acceptors (Lipinski definition) is 3. The molecule has 1 atom stereocenters. The average molecular weight is 257 g/mol. The molecule has 3 nitrogen and oxygen atoms in total. The predicted molar refractivity (Wildman–Crippen MR) is 67.2 cm³/mol. The summed E-state index contributed by atoms with van der Waals surface area (Å²) < 4.78 is 4.76. The molecule has 0 spiro atoms.